The second kappa shape index (κ2) is 7.27. The Balaban J connectivity index is 2.01. The second-order valence-electron chi connectivity index (χ2n) is 5.90. The predicted molar refractivity (Wildman–Crippen MR) is 87.4 cm³/mol. The van der Waals surface area contributed by atoms with E-state index < -0.39 is 0 Å². The summed E-state index contributed by atoms with van der Waals surface area (Å²) in [7, 11) is 0. The van der Waals surface area contributed by atoms with Crippen LogP contribution in [0, 0.1) is 5.92 Å². The molecule has 1 aromatic rings. The molecule has 0 fully saturated rings. The van der Waals surface area contributed by atoms with Gasteiger partial charge in [-0.3, -0.25) is 10.1 Å². The molecule has 1 heterocycles. The van der Waals surface area contributed by atoms with E-state index in [1.54, 1.807) is 0 Å². The summed E-state index contributed by atoms with van der Waals surface area (Å²) in [6.07, 6.45) is 0.866. The number of hydrogen-bond donors (Lipinski definition) is 2. The van der Waals surface area contributed by atoms with E-state index in [0.29, 0.717) is 19.1 Å². The SMILES string of the molecule is CC(C)CNC(=O)C(C)NC1CCOc2ccc(Br)cc21. The summed E-state index contributed by atoms with van der Waals surface area (Å²) in [6.45, 7) is 7.46. The molecule has 0 aromatic heterocycles. The van der Waals surface area contributed by atoms with Crippen molar-refractivity contribution in [2.75, 3.05) is 13.2 Å². The van der Waals surface area contributed by atoms with Crippen LogP contribution in [0.15, 0.2) is 22.7 Å². The highest BCUT2D eigenvalue weighted by atomic mass is 79.9. The zero-order valence-corrected chi connectivity index (χ0v) is 14.4. The second-order valence-corrected chi connectivity index (χ2v) is 6.81. The lowest BCUT2D eigenvalue weighted by Gasteiger charge is -2.29. The Labute approximate surface area is 134 Å². The molecule has 1 aliphatic rings. The van der Waals surface area contributed by atoms with Crippen LogP contribution in [-0.4, -0.2) is 25.1 Å². The first-order chi connectivity index (χ1) is 9.97. The molecule has 2 atom stereocenters. The number of fused-ring (bicyclic) bond motifs is 1. The molecule has 0 radical (unpaired) electrons. The molecule has 1 aliphatic heterocycles. The summed E-state index contributed by atoms with van der Waals surface area (Å²) in [5, 5.41) is 6.38. The molecule has 5 heteroatoms. The van der Waals surface area contributed by atoms with Crippen LogP contribution in [-0.2, 0) is 4.79 Å². The first kappa shape index (κ1) is 16.3. The summed E-state index contributed by atoms with van der Waals surface area (Å²) in [4.78, 5) is 12.1. The molecule has 0 bridgehead atoms. The average Bonchev–Trinajstić information content (AvgIpc) is 2.45. The minimum atomic E-state index is -0.223. The molecule has 0 aliphatic carbocycles. The van der Waals surface area contributed by atoms with Gasteiger partial charge >= 0.3 is 0 Å². The Bertz CT molecular complexity index is 505. The average molecular weight is 355 g/mol. The lowest BCUT2D eigenvalue weighted by molar-refractivity contribution is -0.123. The van der Waals surface area contributed by atoms with Gasteiger partial charge in [-0.1, -0.05) is 29.8 Å². The number of rotatable bonds is 5. The van der Waals surface area contributed by atoms with E-state index in [1.165, 1.54) is 0 Å². The quantitative estimate of drug-likeness (QED) is 0.854. The van der Waals surface area contributed by atoms with Gasteiger partial charge in [0.15, 0.2) is 0 Å². The van der Waals surface area contributed by atoms with E-state index in [2.05, 4.69) is 46.5 Å². The molecule has 21 heavy (non-hydrogen) atoms. The molecular formula is C16H23BrN2O2. The van der Waals surface area contributed by atoms with E-state index in [1.807, 2.05) is 19.1 Å². The summed E-state index contributed by atoms with van der Waals surface area (Å²) in [5.74, 6) is 1.41. The van der Waals surface area contributed by atoms with Gasteiger partial charge in [0.1, 0.15) is 5.75 Å². The summed E-state index contributed by atoms with van der Waals surface area (Å²) in [5.41, 5.74) is 1.11. The van der Waals surface area contributed by atoms with Gasteiger partial charge in [-0.15, -0.1) is 0 Å². The van der Waals surface area contributed by atoms with Crippen molar-refractivity contribution in [3.63, 3.8) is 0 Å². The van der Waals surface area contributed by atoms with Crippen molar-refractivity contribution < 1.29 is 9.53 Å². The number of halogens is 1. The van der Waals surface area contributed by atoms with Crippen LogP contribution >= 0.6 is 15.9 Å². The largest absolute Gasteiger partial charge is 0.493 e. The van der Waals surface area contributed by atoms with Crippen molar-refractivity contribution in [2.45, 2.75) is 39.3 Å². The van der Waals surface area contributed by atoms with Gasteiger partial charge in [-0.2, -0.15) is 0 Å². The molecule has 0 saturated heterocycles. The molecule has 1 aromatic carbocycles. The number of hydrogen-bond acceptors (Lipinski definition) is 3. The zero-order valence-electron chi connectivity index (χ0n) is 12.8. The topological polar surface area (TPSA) is 50.4 Å². The third-order valence-corrected chi connectivity index (χ3v) is 4.03. The predicted octanol–water partition coefficient (Wildman–Crippen LogP) is 3.02. The van der Waals surface area contributed by atoms with Gasteiger partial charge in [-0.25, -0.2) is 0 Å². The van der Waals surface area contributed by atoms with Gasteiger partial charge in [0.25, 0.3) is 0 Å². The standard InChI is InChI=1S/C16H23BrN2O2/c1-10(2)9-18-16(20)11(3)19-14-6-7-21-15-5-4-12(17)8-13(14)15/h4-5,8,10-11,14,19H,6-7,9H2,1-3H3,(H,18,20). The number of carbonyl (C=O) groups is 1. The Morgan fingerprint density at radius 1 is 1.43 bits per heavy atom. The van der Waals surface area contributed by atoms with Crippen LogP contribution in [0.2, 0.25) is 0 Å². The van der Waals surface area contributed by atoms with Gasteiger partial charge in [0, 0.05) is 29.0 Å². The van der Waals surface area contributed by atoms with Crippen LogP contribution in [0.25, 0.3) is 0 Å². The number of ether oxygens (including phenoxy) is 1. The van der Waals surface area contributed by atoms with Crippen LogP contribution in [0.1, 0.15) is 38.8 Å². The number of benzene rings is 1. The highest BCUT2D eigenvalue weighted by molar-refractivity contribution is 9.10. The van der Waals surface area contributed by atoms with Gasteiger partial charge in [0.05, 0.1) is 12.6 Å². The van der Waals surface area contributed by atoms with E-state index in [0.717, 1.165) is 22.2 Å². The van der Waals surface area contributed by atoms with Gasteiger partial charge < -0.3 is 10.1 Å². The van der Waals surface area contributed by atoms with Crippen molar-refractivity contribution >= 4 is 21.8 Å². The lowest BCUT2D eigenvalue weighted by Crippen LogP contribution is -2.45. The maximum atomic E-state index is 12.1. The fourth-order valence-corrected chi connectivity index (χ4v) is 2.75. The minimum absolute atomic E-state index is 0.0479. The first-order valence-electron chi connectivity index (χ1n) is 7.43. The fraction of sp³-hybridized carbons (Fsp3) is 0.562. The molecule has 2 unspecified atom stereocenters. The highest BCUT2D eigenvalue weighted by Crippen LogP contribution is 2.34. The maximum absolute atomic E-state index is 12.1. The third-order valence-electron chi connectivity index (χ3n) is 3.54. The number of nitrogens with one attached hydrogen (secondary N) is 2. The van der Waals surface area contributed by atoms with Crippen molar-refractivity contribution in [3.05, 3.63) is 28.2 Å². The summed E-state index contributed by atoms with van der Waals surface area (Å²) in [6, 6.07) is 5.92. The fourth-order valence-electron chi connectivity index (χ4n) is 2.37. The summed E-state index contributed by atoms with van der Waals surface area (Å²) >= 11 is 3.49. The lowest BCUT2D eigenvalue weighted by atomic mass is 9.99. The van der Waals surface area contributed by atoms with Crippen molar-refractivity contribution in [1.82, 2.24) is 10.6 Å². The van der Waals surface area contributed by atoms with Crippen molar-refractivity contribution in [2.24, 2.45) is 5.92 Å². The van der Waals surface area contributed by atoms with E-state index in [-0.39, 0.29) is 18.0 Å². The van der Waals surface area contributed by atoms with Crippen LogP contribution in [0.5, 0.6) is 5.75 Å². The van der Waals surface area contributed by atoms with Crippen LogP contribution in [0.3, 0.4) is 0 Å². The minimum Gasteiger partial charge on any atom is -0.493 e. The Morgan fingerprint density at radius 3 is 2.90 bits per heavy atom. The van der Waals surface area contributed by atoms with Crippen LogP contribution in [0.4, 0.5) is 0 Å². The third kappa shape index (κ3) is 4.45. The Morgan fingerprint density at radius 2 is 2.19 bits per heavy atom. The van der Waals surface area contributed by atoms with Crippen molar-refractivity contribution in [3.8, 4) is 5.75 Å². The van der Waals surface area contributed by atoms with Crippen LogP contribution < -0.4 is 15.4 Å². The van der Waals surface area contributed by atoms with E-state index >= 15 is 0 Å². The molecule has 2 N–H and O–H groups in total. The van der Waals surface area contributed by atoms with Gasteiger partial charge in [0.2, 0.25) is 5.91 Å². The summed E-state index contributed by atoms with van der Waals surface area (Å²) < 4.78 is 6.69. The van der Waals surface area contributed by atoms with E-state index in [9.17, 15) is 4.79 Å². The normalized spacial score (nSPS) is 18.8. The molecule has 0 spiro atoms. The molecular weight excluding hydrogens is 332 g/mol. The molecule has 116 valence electrons. The van der Waals surface area contributed by atoms with E-state index in [4.69, 9.17) is 4.74 Å². The monoisotopic (exact) mass is 354 g/mol. The Hall–Kier alpha value is -1.07. The molecule has 2 rings (SSSR count). The first-order valence-corrected chi connectivity index (χ1v) is 8.22. The number of carbonyl (C=O) groups excluding carboxylic acids is 1. The smallest absolute Gasteiger partial charge is 0.236 e. The highest BCUT2D eigenvalue weighted by Gasteiger charge is 2.25. The number of amides is 1. The Kier molecular flexibility index (Phi) is 5.65. The maximum Gasteiger partial charge on any atom is 0.236 e. The molecule has 0 saturated carbocycles. The zero-order chi connectivity index (χ0) is 15.4. The molecule has 4 nitrogen and oxygen atoms in total. The van der Waals surface area contributed by atoms with Crippen molar-refractivity contribution in [1.29, 1.82) is 0 Å². The van der Waals surface area contributed by atoms with Gasteiger partial charge in [-0.05, 0) is 31.0 Å². The molecule has 1 amide bonds.